The molecule has 0 radical (unpaired) electrons. The largest absolute Gasteiger partial charge is 0.368 e. The lowest BCUT2D eigenvalue weighted by molar-refractivity contribution is 0.816. The molecule has 0 aliphatic heterocycles. The Morgan fingerprint density at radius 1 is 1.00 bits per heavy atom. The van der Waals surface area contributed by atoms with Gasteiger partial charge in [-0.25, -0.2) is 0 Å². The van der Waals surface area contributed by atoms with Gasteiger partial charge < -0.3 is 10.6 Å². The van der Waals surface area contributed by atoms with Crippen molar-refractivity contribution < 1.29 is 0 Å². The van der Waals surface area contributed by atoms with E-state index < -0.39 is 0 Å². The van der Waals surface area contributed by atoms with Crippen LogP contribution < -0.4 is 10.6 Å². The van der Waals surface area contributed by atoms with E-state index in [4.69, 9.17) is 5.73 Å². The number of benzene rings is 1. The van der Waals surface area contributed by atoms with Crippen LogP contribution in [0.5, 0.6) is 0 Å². The Balaban J connectivity index is 2.39. The van der Waals surface area contributed by atoms with Crippen LogP contribution in [-0.2, 0) is 0 Å². The lowest BCUT2D eigenvalue weighted by atomic mass is 10.0. The molecule has 0 amide bonds. The second-order valence-electron chi connectivity index (χ2n) is 5.27. The van der Waals surface area contributed by atoms with Crippen molar-refractivity contribution in [2.45, 2.75) is 33.6 Å². The first-order valence-electron chi connectivity index (χ1n) is 7.42. The van der Waals surface area contributed by atoms with E-state index in [0.29, 0.717) is 17.7 Å². The molecule has 0 fully saturated rings. The van der Waals surface area contributed by atoms with E-state index in [2.05, 4.69) is 59.7 Å². The van der Waals surface area contributed by atoms with Crippen molar-refractivity contribution in [3.05, 3.63) is 29.8 Å². The lowest BCUT2D eigenvalue weighted by Gasteiger charge is -2.19. The maximum Gasteiger partial charge on any atom is 0.230 e. The molecule has 1 aromatic heterocycles. The summed E-state index contributed by atoms with van der Waals surface area (Å²) in [6, 6.07) is 8.29. The minimum atomic E-state index is 0.259. The van der Waals surface area contributed by atoms with Gasteiger partial charge in [-0.15, -0.1) is 0 Å². The first-order chi connectivity index (χ1) is 10.0. The molecule has 2 N–H and O–H groups in total. The summed E-state index contributed by atoms with van der Waals surface area (Å²) in [6.45, 7) is 10.2. The van der Waals surface area contributed by atoms with Crippen LogP contribution in [0.4, 0.5) is 11.9 Å². The summed E-state index contributed by atoms with van der Waals surface area (Å²) in [4.78, 5) is 15.1. The minimum absolute atomic E-state index is 0.259. The van der Waals surface area contributed by atoms with Gasteiger partial charge in [0.1, 0.15) is 0 Å². The fraction of sp³-hybridized carbons (Fsp3) is 0.438. The van der Waals surface area contributed by atoms with Gasteiger partial charge in [0.25, 0.3) is 0 Å². The number of nitrogens with two attached hydrogens (primary N) is 1. The fourth-order valence-corrected chi connectivity index (χ4v) is 2.17. The Morgan fingerprint density at radius 2 is 1.62 bits per heavy atom. The molecule has 0 unspecified atom stereocenters. The molecule has 2 rings (SSSR count). The van der Waals surface area contributed by atoms with Crippen LogP contribution in [0.15, 0.2) is 24.3 Å². The van der Waals surface area contributed by atoms with Crippen LogP contribution in [0.25, 0.3) is 11.4 Å². The van der Waals surface area contributed by atoms with Gasteiger partial charge in [0, 0.05) is 18.7 Å². The van der Waals surface area contributed by atoms with E-state index in [1.54, 1.807) is 0 Å². The second-order valence-corrected chi connectivity index (χ2v) is 5.27. The predicted octanol–water partition coefficient (Wildman–Crippen LogP) is 3.09. The van der Waals surface area contributed by atoms with Crippen LogP contribution in [0.1, 0.15) is 39.2 Å². The molecular weight excluding hydrogens is 262 g/mol. The number of aromatic nitrogens is 3. The monoisotopic (exact) mass is 285 g/mol. The van der Waals surface area contributed by atoms with Gasteiger partial charge in [0.2, 0.25) is 11.9 Å². The third-order valence-electron chi connectivity index (χ3n) is 3.52. The average Bonchev–Trinajstić information content (AvgIpc) is 2.48. The molecular formula is C16H23N5. The van der Waals surface area contributed by atoms with Gasteiger partial charge in [-0.1, -0.05) is 38.1 Å². The van der Waals surface area contributed by atoms with E-state index in [0.717, 1.165) is 18.7 Å². The topological polar surface area (TPSA) is 67.9 Å². The molecule has 0 aliphatic rings. The number of anilines is 2. The summed E-state index contributed by atoms with van der Waals surface area (Å²) >= 11 is 0. The molecule has 0 saturated heterocycles. The van der Waals surface area contributed by atoms with Gasteiger partial charge >= 0.3 is 0 Å². The Hall–Kier alpha value is -2.17. The van der Waals surface area contributed by atoms with Crippen molar-refractivity contribution in [2.24, 2.45) is 0 Å². The molecule has 112 valence electrons. The predicted molar refractivity (Wildman–Crippen MR) is 87.3 cm³/mol. The van der Waals surface area contributed by atoms with E-state index in [9.17, 15) is 0 Å². The molecule has 0 saturated carbocycles. The summed E-state index contributed by atoms with van der Waals surface area (Å²) in [5.74, 6) is 2.03. The summed E-state index contributed by atoms with van der Waals surface area (Å²) < 4.78 is 0. The van der Waals surface area contributed by atoms with E-state index in [-0.39, 0.29) is 5.95 Å². The van der Waals surface area contributed by atoms with Gasteiger partial charge in [-0.2, -0.15) is 15.0 Å². The molecule has 1 aromatic carbocycles. The third kappa shape index (κ3) is 3.48. The minimum Gasteiger partial charge on any atom is -0.368 e. The van der Waals surface area contributed by atoms with Crippen LogP contribution in [-0.4, -0.2) is 28.0 Å². The van der Waals surface area contributed by atoms with Gasteiger partial charge in [0.15, 0.2) is 5.82 Å². The molecule has 5 heteroatoms. The van der Waals surface area contributed by atoms with Gasteiger partial charge in [-0.05, 0) is 25.3 Å². The highest BCUT2D eigenvalue weighted by molar-refractivity contribution is 5.58. The standard InChI is InChI=1S/C16H23N5/c1-5-21(6-2)16-19-14(18-15(17)20-16)13-9-7-12(8-10-13)11(3)4/h7-11H,5-6H2,1-4H3,(H2,17,18,19,20). The highest BCUT2D eigenvalue weighted by Gasteiger charge is 2.11. The fourth-order valence-electron chi connectivity index (χ4n) is 2.17. The first kappa shape index (κ1) is 15.2. The Bertz CT molecular complexity index is 588. The summed E-state index contributed by atoms with van der Waals surface area (Å²) in [5.41, 5.74) is 8.09. The third-order valence-corrected chi connectivity index (χ3v) is 3.52. The molecule has 21 heavy (non-hydrogen) atoms. The zero-order valence-electron chi connectivity index (χ0n) is 13.2. The Labute approximate surface area is 126 Å². The average molecular weight is 285 g/mol. The lowest BCUT2D eigenvalue weighted by Crippen LogP contribution is -2.25. The molecule has 0 bridgehead atoms. The smallest absolute Gasteiger partial charge is 0.230 e. The molecule has 0 aliphatic carbocycles. The SMILES string of the molecule is CCN(CC)c1nc(N)nc(-c2ccc(C(C)C)cc2)n1. The summed E-state index contributed by atoms with van der Waals surface area (Å²) in [6.07, 6.45) is 0. The van der Waals surface area contributed by atoms with Gasteiger partial charge in [-0.3, -0.25) is 0 Å². The van der Waals surface area contributed by atoms with Crippen LogP contribution in [0.2, 0.25) is 0 Å². The van der Waals surface area contributed by atoms with Crippen molar-refractivity contribution >= 4 is 11.9 Å². The van der Waals surface area contributed by atoms with Gasteiger partial charge in [0.05, 0.1) is 0 Å². The number of nitrogen functional groups attached to an aromatic ring is 1. The van der Waals surface area contributed by atoms with Crippen LogP contribution in [0.3, 0.4) is 0 Å². The summed E-state index contributed by atoms with van der Waals surface area (Å²) in [5, 5.41) is 0. The molecule has 0 atom stereocenters. The number of hydrogen-bond donors (Lipinski definition) is 1. The van der Waals surface area contributed by atoms with E-state index >= 15 is 0 Å². The maximum atomic E-state index is 5.83. The summed E-state index contributed by atoms with van der Waals surface area (Å²) in [7, 11) is 0. The maximum absolute atomic E-state index is 5.83. The quantitative estimate of drug-likeness (QED) is 0.914. The molecule has 5 nitrogen and oxygen atoms in total. The second kappa shape index (κ2) is 6.52. The van der Waals surface area contributed by atoms with E-state index in [1.165, 1.54) is 5.56 Å². The number of nitrogens with zero attached hydrogens (tertiary/aromatic N) is 4. The van der Waals surface area contributed by atoms with E-state index in [1.807, 2.05) is 12.1 Å². The van der Waals surface area contributed by atoms with Crippen molar-refractivity contribution in [1.82, 2.24) is 15.0 Å². The van der Waals surface area contributed by atoms with Crippen molar-refractivity contribution in [3.8, 4) is 11.4 Å². The first-order valence-corrected chi connectivity index (χ1v) is 7.42. The Kier molecular flexibility index (Phi) is 4.73. The highest BCUT2D eigenvalue weighted by atomic mass is 15.3. The van der Waals surface area contributed by atoms with Crippen molar-refractivity contribution in [3.63, 3.8) is 0 Å². The van der Waals surface area contributed by atoms with Crippen LogP contribution >= 0.6 is 0 Å². The zero-order chi connectivity index (χ0) is 15.4. The normalized spacial score (nSPS) is 10.9. The molecule has 0 spiro atoms. The van der Waals surface area contributed by atoms with Crippen molar-refractivity contribution in [2.75, 3.05) is 23.7 Å². The zero-order valence-corrected chi connectivity index (χ0v) is 13.2. The number of rotatable bonds is 5. The van der Waals surface area contributed by atoms with Crippen molar-refractivity contribution in [1.29, 1.82) is 0 Å². The highest BCUT2D eigenvalue weighted by Crippen LogP contribution is 2.22. The Morgan fingerprint density at radius 3 is 2.14 bits per heavy atom. The molecule has 1 heterocycles. The molecule has 2 aromatic rings. The number of hydrogen-bond acceptors (Lipinski definition) is 5. The van der Waals surface area contributed by atoms with Crippen LogP contribution in [0, 0.1) is 0 Å².